The Balaban J connectivity index is 2.01. The molecule has 2 N–H and O–H groups in total. The van der Waals surface area contributed by atoms with Crippen molar-refractivity contribution in [1.29, 1.82) is 0 Å². The molecule has 0 aromatic heterocycles. The quantitative estimate of drug-likeness (QED) is 0.510. The van der Waals surface area contributed by atoms with Gasteiger partial charge in [0.15, 0.2) is 5.11 Å². The SMILES string of the molecule is CCCOc1ccc(C(=O)NC(=S)N2CCNC(=O)[C@@H]2CC(=O)OC(C)C)cc1. The van der Waals surface area contributed by atoms with Gasteiger partial charge in [-0.1, -0.05) is 6.92 Å². The van der Waals surface area contributed by atoms with Gasteiger partial charge in [-0.15, -0.1) is 0 Å². The van der Waals surface area contributed by atoms with Crippen LogP contribution in [0.5, 0.6) is 5.75 Å². The second-order valence-electron chi connectivity index (χ2n) is 6.88. The monoisotopic (exact) mass is 421 g/mol. The summed E-state index contributed by atoms with van der Waals surface area (Å²) in [6.07, 6.45) is 0.466. The van der Waals surface area contributed by atoms with E-state index >= 15 is 0 Å². The molecule has 1 fully saturated rings. The van der Waals surface area contributed by atoms with E-state index in [-0.39, 0.29) is 23.5 Å². The number of benzene rings is 1. The zero-order valence-corrected chi connectivity index (χ0v) is 17.7. The predicted octanol–water partition coefficient (Wildman–Crippen LogP) is 1.63. The molecule has 1 aliphatic heterocycles. The van der Waals surface area contributed by atoms with Crippen LogP contribution in [0.15, 0.2) is 24.3 Å². The molecular weight excluding hydrogens is 394 g/mol. The lowest BCUT2D eigenvalue weighted by Gasteiger charge is -2.36. The number of amides is 2. The number of ether oxygens (including phenoxy) is 2. The Morgan fingerprint density at radius 1 is 1.31 bits per heavy atom. The van der Waals surface area contributed by atoms with Crippen molar-refractivity contribution in [2.45, 2.75) is 45.8 Å². The van der Waals surface area contributed by atoms with Gasteiger partial charge in [0.25, 0.3) is 5.91 Å². The van der Waals surface area contributed by atoms with Crippen molar-refractivity contribution in [1.82, 2.24) is 15.5 Å². The number of hydrogen-bond acceptors (Lipinski definition) is 6. The fraction of sp³-hybridized carbons (Fsp3) is 0.500. The first-order chi connectivity index (χ1) is 13.8. The van der Waals surface area contributed by atoms with Gasteiger partial charge in [0.1, 0.15) is 11.8 Å². The maximum absolute atomic E-state index is 12.5. The summed E-state index contributed by atoms with van der Waals surface area (Å²) < 4.78 is 10.6. The molecule has 1 atom stereocenters. The zero-order valence-electron chi connectivity index (χ0n) is 16.9. The Morgan fingerprint density at radius 2 is 2.00 bits per heavy atom. The van der Waals surface area contributed by atoms with Gasteiger partial charge in [-0.3, -0.25) is 19.7 Å². The maximum Gasteiger partial charge on any atom is 0.308 e. The van der Waals surface area contributed by atoms with Crippen LogP contribution in [0.4, 0.5) is 0 Å². The molecule has 29 heavy (non-hydrogen) atoms. The number of piperazine rings is 1. The van der Waals surface area contributed by atoms with E-state index in [1.54, 1.807) is 43.0 Å². The summed E-state index contributed by atoms with van der Waals surface area (Å²) in [4.78, 5) is 38.3. The van der Waals surface area contributed by atoms with Crippen LogP contribution in [-0.4, -0.2) is 59.6 Å². The Labute approximate surface area is 175 Å². The molecule has 2 amide bonds. The van der Waals surface area contributed by atoms with Gasteiger partial charge >= 0.3 is 5.97 Å². The number of thiocarbonyl (C=S) groups is 1. The van der Waals surface area contributed by atoms with Crippen molar-refractivity contribution in [2.75, 3.05) is 19.7 Å². The topological polar surface area (TPSA) is 97.0 Å². The third kappa shape index (κ3) is 6.70. The molecule has 9 heteroatoms. The lowest BCUT2D eigenvalue weighted by Crippen LogP contribution is -2.60. The van der Waals surface area contributed by atoms with E-state index in [9.17, 15) is 14.4 Å². The van der Waals surface area contributed by atoms with E-state index in [1.165, 1.54) is 0 Å². The van der Waals surface area contributed by atoms with E-state index < -0.39 is 17.9 Å². The van der Waals surface area contributed by atoms with Crippen LogP contribution in [0.2, 0.25) is 0 Å². The third-order valence-corrected chi connectivity index (χ3v) is 4.47. The minimum absolute atomic E-state index is 0.0958. The van der Waals surface area contributed by atoms with Gasteiger partial charge in [-0.05, 0) is 56.8 Å². The van der Waals surface area contributed by atoms with Crippen LogP contribution in [-0.2, 0) is 14.3 Å². The molecule has 158 valence electrons. The van der Waals surface area contributed by atoms with Crippen LogP contribution in [0.25, 0.3) is 0 Å². The van der Waals surface area contributed by atoms with Gasteiger partial charge in [0.05, 0.1) is 19.1 Å². The maximum atomic E-state index is 12.5. The van der Waals surface area contributed by atoms with Gasteiger partial charge in [-0.2, -0.15) is 0 Å². The number of carbonyl (C=O) groups is 3. The molecule has 1 aromatic rings. The summed E-state index contributed by atoms with van der Waals surface area (Å²) in [7, 11) is 0. The molecule has 0 aliphatic carbocycles. The Kier molecular flexibility index (Phi) is 8.38. The number of esters is 1. The van der Waals surface area contributed by atoms with Crippen molar-refractivity contribution in [3.8, 4) is 5.75 Å². The lowest BCUT2D eigenvalue weighted by atomic mass is 10.1. The number of hydrogen-bond donors (Lipinski definition) is 2. The molecule has 0 saturated carbocycles. The summed E-state index contributed by atoms with van der Waals surface area (Å²) in [5.41, 5.74) is 0.411. The molecule has 0 radical (unpaired) electrons. The normalized spacial score (nSPS) is 16.2. The minimum atomic E-state index is -0.826. The van der Waals surface area contributed by atoms with Gasteiger partial charge in [0.2, 0.25) is 5.91 Å². The molecule has 1 heterocycles. The van der Waals surface area contributed by atoms with E-state index in [2.05, 4.69) is 10.6 Å². The zero-order chi connectivity index (χ0) is 21.4. The van der Waals surface area contributed by atoms with Crippen LogP contribution >= 0.6 is 12.2 Å². The number of carbonyl (C=O) groups excluding carboxylic acids is 3. The average Bonchev–Trinajstić information content (AvgIpc) is 2.67. The van der Waals surface area contributed by atoms with E-state index in [1.807, 2.05) is 6.92 Å². The van der Waals surface area contributed by atoms with E-state index in [0.29, 0.717) is 31.0 Å². The molecule has 1 aromatic carbocycles. The smallest absolute Gasteiger partial charge is 0.308 e. The van der Waals surface area contributed by atoms with Gasteiger partial charge in [-0.25, -0.2) is 0 Å². The van der Waals surface area contributed by atoms with E-state index in [4.69, 9.17) is 21.7 Å². The van der Waals surface area contributed by atoms with Crippen molar-refractivity contribution in [2.24, 2.45) is 0 Å². The number of nitrogens with zero attached hydrogens (tertiary/aromatic N) is 1. The van der Waals surface area contributed by atoms with Crippen molar-refractivity contribution < 1.29 is 23.9 Å². The van der Waals surface area contributed by atoms with Crippen molar-refractivity contribution in [3.63, 3.8) is 0 Å². The Hall–Kier alpha value is -2.68. The average molecular weight is 422 g/mol. The fourth-order valence-electron chi connectivity index (χ4n) is 2.79. The highest BCUT2D eigenvalue weighted by molar-refractivity contribution is 7.80. The highest BCUT2D eigenvalue weighted by Gasteiger charge is 2.34. The fourth-order valence-corrected chi connectivity index (χ4v) is 3.10. The first-order valence-electron chi connectivity index (χ1n) is 9.63. The van der Waals surface area contributed by atoms with Crippen LogP contribution in [0.3, 0.4) is 0 Å². The van der Waals surface area contributed by atoms with Crippen molar-refractivity contribution in [3.05, 3.63) is 29.8 Å². The third-order valence-electron chi connectivity index (χ3n) is 4.13. The summed E-state index contributed by atoms with van der Waals surface area (Å²) in [6, 6.07) is 5.89. The van der Waals surface area contributed by atoms with Crippen LogP contribution in [0, 0.1) is 0 Å². The number of nitrogens with one attached hydrogen (secondary N) is 2. The standard InChI is InChI=1S/C20H27N3O5S/c1-4-11-27-15-7-5-14(6-8-15)18(25)22-20(29)23-10-9-21-19(26)16(23)12-17(24)28-13(2)3/h5-8,13,16H,4,9-12H2,1-3H3,(H,21,26)(H,22,25,29)/t16-/m0/s1. The highest BCUT2D eigenvalue weighted by atomic mass is 32.1. The summed E-state index contributed by atoms with van der Waals surface area (Å²) >= 11 is 5.34. The van der Waals surface area contributed by atoms with Gasteiger partial charge < -0.3 is 19.7 Å². The molecule has 0 spiro atoms. The summed E-state index contributed by atoms with van der Waals surface area (Å²) in [5.74, 6) is -0.538. The van der Waals surface area contributed by atoms with Crippen LogP contribution < -0.4 is 15.4 Å². The highest BCUT2D eigenvalue weighted by Crippen LogP contribution is 2.14. The lowest BCUT2D eigenvalue weighted by molar-refractivity contribution is -0.150. The molecule has 0 unspecified atom stereocenters. The summed E-state index contributed by atoms with van der Waals surface area (Å²) in [5, 5.41) is 5.44. The molecule has 1 saturated heterocycles. The second kappa shape index (κ2) is 10.8. The van der Waals surface area contributed by atoms with Crippen LogP contribution in [0.1, 0.15) is 44.0 Å². The first kappa shape index (κ1) is 22.6. The molecule has 2 rings (SSSR count). The van der Waals surface area contributed by atoms with E-state index in [0.717, 1.165) is 6.42 Å². The number of rotatable bonds is 7. The molecule has 1 aliphatic rings. The first-order valence-corrected chi connectivity index (χ1v) is 10.0. The molecular formula is C20H27N3O5S. The molecule has 8 nitrogen and oxygen atoms in total. The Bertz CT molecular complexity index is 751. The molecule has 0 bridgehead atoms. The minimum Gasteiger partial charge on any atom is -0.494 e. The summed E-state index contributed by atoms with van der Waals surface area (Å²) in [6.45, 7) is 6.84. The predicted molar refractivity (Wildman–Crippen MR) is 112 cm³/mol. The largest absolute Gasteiger partial charge is 0.494 e. The van der Waals surface area contributed by atoms with Gasteiger partial charge in [0, 0.05) is 18.7 Å². The second-order valence-corrected chi connectivity index (χ2v) is 7.26. The van der Waals surface area contributed by atoms with Crippen molar-refractivity contribution >= 4 is 35.1 Å². The Morgan fingerprint density at radius 3 is 2.62 bits per heavy atom.